The Balaban J connectivity index is 2.52. The van der Waals surface area contributed by atoms with Gasteiger partial charge in [0.15, 0.2) is 5.82 Å². The monoisotopic (exact) mass is 262 g/mol. The zero-order valence-electron chi connectivity index (χ0n) is 11.4. The highest BCUT2D eigenvalue weighted by molar-refractivity contribution is 5.88. The van der Waals surface area contributed by atoms with Gasteiger partial charge in [-0.1, -0.05) is 6.92 Å². The van der Waals surface area contributed by atoms with Crippen molar-refractivity contribution in [1.82, 2.24) is 14.5 Å². The van der Waals surface area contributed by atoms with Gasteiger partial charge in [-0.15, -0.1) is 0 Å². The van der Waals surface area contributed by atoms with E-state index in [4.69, 9.17) is 5.11 Å². The van der Waals surface area contributed by atoms with E-state index in [1.165, 1.54) is 0 Å². The number of hydrogen-bond donors (Lipinski definition) is 1. The van der Waals surface area contributed by atoms with Gasteiger partial charge in [-0.05, 0) is 19.4 Å². The van der Waals surface area contributed by atoms with Crippen LogP contribution in [0.3, 0.4) is 0 Å². The first-order chi connectivity index (χ1) is 9.04. The zero-order chi connectivity index (χ0) is 14.0. The molecule has 0 saturated heterocycles. The molecular formula is C13H18N4O2. The van der Waals surface area contributed by atoms with Gasteiger partial charge in [0, 0.05) is 19.3 Å². The maximum Gasteiger partial charge on any atom is 0.323 e. The average molecular weight is 262 g/mol. The van der Waals surface area contributed by atoms with Crippen molar-refractivity contribution in [3.63, 3.8) is 0 Å². The summed E-state index contributed by atoms with van der Waals surface area (Å²) in [5, 5.41) is 9.07. The molecule has 102 valence electrons. The summed E-state index contributed by atoms with van der Waals surface area (Å²) in [5.74, 6) is -0.232. The molecule has 0 aliphatic rings. The third-order valence-electron chi connectivity index (χ3n) is 3.32. The number of aromatic nitrogens is 3. The van der Waals surface area contributed by atoms with E-state index < -0.39 is 5.97 Å². The molecule has 0 spiro atoms. The van der Waals surface area contributed by atoms with Crippen LogP contribution >= 0.6 is 0 Å². The molecule has 1 atom stereocenters. The number of imidazole rings is 1. The van der Waals surface area contributed by atoms with Gasteiger partial charge in [-0.2, -0.15) is 0 Å². The Kier molecular flexibility index (Phi) is 3.69. The number of fused-ring (bicyclic) bond motifs is 1. The van der Waals surface area contributed by atoms with Crippen LogP contribution in [-0.2, 0) is 11.8 Å². The Morgan fingerprint density at radius 1 is 1.53 bits per heavy atom. The smallest absolute Gasteiger partial charge is 0.323 e. The quantitative estimate of drug-likeness (QED) is 0.887. The van der Waals surface area contributed by atoms with Crippen molar-refractivity contribution in [3.05, 3.63) is 18.6 Å². The standard InChI is InChI=1S/C13H18N4O2/c1-4-9(2)17(7-11(18)19)13-12-10(5-6-14-13)16(3)8-15-12/h5-6,8-9H,4,7H2,1-3H3,(H,18,19). The Bertz CT molecular complexity index is 593. The Labute approximate surface area is 111 Å². The van der Waals surface area contributed by atoms with E-state index in [1.807, 2.05) is 31.5 Å². The average Bonchev–Trinajstić information content (AvgIpc) is 2.77. The van der Waals surface area contributed by atoms with Crippen LogP contribution in [0.4, 0.5) is 5.82 Å². The molecule has 0 fully saturated rings. The van der Waals surface area contributed by atoms with Crippen LogP contribution in [0.15, 0.2) is 18.6 Å². The fraction of sp³-hybridized carbons (Fsp3) is 0.462. The highest BCUT2D eigenvalue weighted by atomic mass is 16.4. The van der Waals surface area contributed by atoms with Crippen molar-refractivity contribution in [2.24, 2.45) is 7.05 Å². The van der Waals surface area contributed by atoms with E-state index >= 15 is 0 Å². The number of carboxylic acids is 1. The topological polar surface area (TPSA) is 71.2 Å². The number of aliphatic carboxylic acids is 1. The summed E-state index contributed by atoms with van der Waals surface area (Å²) in [6.45, 7) is 3.95. The molecule has 0 amide bonds. The molecule has 1 unspecified atom stereocenters. The molecule has 2 aromatic rings. The molecule has 0 bridgehead atoms. The van der Waals surface area contributed by atoms with Crippen molar-refractivity contribution in [3.8, 4) is 0 Å². The number of pyridine rings is 1. The van der Waals surface area contributed by atoms with Gasteiger partial charge >= 0.3 is 5.97 Å². The van der Waals surface area contributed by atoms with Gasteiger partial charge in [0.2, 0.25) is 0 Å². The lowest BCUT2D eigenvalue weighted by atomic mass is 10.2. The predicted molar refractivity (Wildman–Crippen MR) is 73.2 cm³/mol. The molecule has 6 heteroatoms. The number of rotatable bonds is 5. The molecule has 0 aromatic carbocycles. The lowest BCUT2D eigenvalue weighted by Crippen LogP contribution is -2.37. The number of nitrogens with zero attached hydrogens (tertiary/aromatic N) is 4. The maximum atomic E-state index is 11.0. The van der Waals surface area contributed by atoms with E-state index in [-0.39, 0.29) is 12.6 Å². The number of carbonyl (C=O) groups is 1. The summed E-state index contributed by atoms with van der Waals surface area (Å²) in [5.41, 5.74) is 1.69. The van der Waals surface area contributed by atoms with Crippen molar-refractivity contribution in [2.75, 3.05) is 11.4 Å². The molecule has 0 radical (unpaired) electrons. The molecule has 6 nitrogen and oxygen atoms in total. The summed E-state index contributed by atoms with van der Waals surface area (Å²) >= 11 is 0. The highest BCUT2D eigenvalue weighted by Crippen LogP contribution is 2.24. The summed E-state index contributed by atoms with van der Waals surface area (Å²) in [7, 11) is 1.91. The molecule has 2 heterocycles. The number of carboxylic acid groups (broad SMARTS) is 1. The molecule has 0 aliphatic heterocycles. The fourth-order valence-electron chi connectivity index (χ4n) is 2.06. The van der Waals surface area contributed by atoms with Gasteiger partial charge in [-0.25, -0.2) is 9.97 Å². The van der Waals surface area contributed by atoms with E-state index in [9.17, 15) is 4.79 Å². The van der Waals surface area contributed by atoms with Crippen molar-refractivity contribution in [2.45, 2.75) is 26.3 Å². The first kappa shape index (κ1) is 13.3. The second kappa shape index (κ2) is 5.26. The lowest BCUT2D eigenvalue weighted by molar-refractivity contribution is -0.135. The van der Waals surface area contributed by atoms with Crippen molar-refractivity contribution in [1.29, 1.82) is 0 Å². The summed E-state index contributed by atoms with van der Waals surface area (Å²) < 4.78 is 1.90. The van der Waals surface area contributed by atoms with Crippen LogP contribution in [0.25, 0.3) is 11.0 Å². The molecule has 19 heavy (non-hydrogen) atoms. The number of anilines is 1. The van der Waals surface area contributed by atoms with Crippen molar-refractivity contribution >= 4 is 22.8 Å². The first-order valence-corrected chi connectivity index (χ1v) is 6.29. The van der Waals surface area contributed by atoms with E-state index in [1.54, 1.807) is 17.4 Å². The molecule has 1 N–H and O–H groups in total. The number of aryl methyl sites for hydroxylation is 1. The van der Waals surface area contributed by atoms with Gasteiger partial charge in [0.1, 0.15) is 12.1 Å². The van der Waals surface area contributed by atoms with Crippen LogP contribution < -0.4 is 4.90 Å². The highest BCUT2D eigenvalue weighted by Gasteiger charge is 2.21. The van der Waals surface area contributed by atoms with Gasteiger partial charge in [-0.3, -0.25) is 4.79 Å². The largest absolute Gasteiger partial charge is 0.480 e. The Hall–Kier alpha value is -2.11. The molecule has 0 aliphatic carbocycles. The van der Waals surface area contributed by atoms with Crippen LogP contribution in [0.2, 0.25) is 0 Å². The minimum atomic E-state index is -0.866. The van der Waals surface area contributed by atoms with Crippen LogP contribution in [-0.4, -0.2) is 38.2 Å². The van der Waals surface area contributed by atoms with E-state index in [0.29, 0.717) is 5.82 Å². The second-order valence-corrected chi connectivity index (χ2v) is 4.64. The summed E-state index contributed by atoms with van der Waals surface area (Å²) in [6, 6.07) is 1.97. The van der Waals surface area contributed by atoms with Crippen LogP contribution in [0.1, 0.15) is 20.3 Å². The predicted octanol–water partition coefficient (Wildman–Crippen LogP) is 1.66. The van der Waals surface area contributed by atoms with E-state index in [0.717, 1.165) is 17.5 Å². The minimum absolute atomic E-state index is 0.0717. The van der Waals surface area contributed by atoms with Crippen LogP contribution in [0, 0.1) is 0 Å². The molecule has 0 saturated carbocycles. The third kappa shape index (κ3) is 2.52. The lowest BCUT2D eigenvalue weighted by Gasteiger charge is -2.28. The van der Waals surface area contributed by atoms with Crippen molar-refractivity contribution < 1.29 is 9.90 Å². The summed E-state index contributed by atoms with van der Waals surface area (Å²) in [6.07, 6.45) is 4.25. The molecule has 2 aromatic heterocycles. The summed E-state index contributed by atoms with van der Waals surface area (Å²) in [4.78, 5) is 21.5. The van der Waals surface area contributed by atoms with Crippen LogP contribution in [0.5, 0.6) is 0 Å². The Morgan fingerprint density at radius 3 is 2.89 bits per heavy atom. The van der Waals surface area contributed by atoms with Gasteiger partial charge in [0.25, 0.3) is 0 Å². The second-order valence-electron chi connectivity index (χ2n) is 4.64. The van der Waals surface area contributed by atoms with Gasteiger partial charge in [0.05, 0.1) is 11.8 Å². The minimum Gasteiger partial charge on any atom is -0.480 e. The third-order valence-corrected chi connectivity index (χ3v) is 3.32. The Morgan fingerprint density at radius 2 is 2.26 bits per heavy atom. The first-order valence-electron chi connectivity index (χ1n) is 6.29. The molecule has 2 rings (SSSR count). The maximum absolute atomic E-state index is 11.0. The normalized spacial score (nSPS) is 12.6. The van der Waals surface area contributed by atoms with E-state index in [2.05, 4.69) is 9.97 Å². The van der Waals surface area contributed by atoms with Gasteiger partial charge < -0.3 is 14.6 Å². The fourth-order valence-corrected chi connectivity index (χ4v) is 2.06. The SMILES string of the molecule is CCC(C)N(CC(=O)O)c1nccc2c1ncn2C. The molecular weight excluding hydrogens is 244 g/mol. The number of hydrogen-bond acceptors (Lipinski definition) is 4. The zero-order valence-corrected chi connectivity index (χ0v) is 11.4.